The number of allylic oxidation sites excluding steroid dienone is 3. The van der Waals surface area contributed by atoms with Crippen LogP contribution in [-0.2, 0) is 6.42 Å². The number of nitrogens with zero attached hydrogens (tertiary/aromatic N) is 5. The molecule has 0 aromatic heterocycles. The van der Waals surface area contributed by atoms with Crippen LogP contribution in [0.25, 0.3) is 5.57 Å². The van der Waals surface area contributed by atoms with Gasteiger partial charge in [-0.1, -0.05) is 69.5 Å². The molecule has 2 aliphatic rings. The first-order valence-electron chi connectivity index (χ1n) is 15.2. The summed E-state index contributed by atoms with van der Waals surface area (Å²) in [6.45, 7) is 18.6. The lowest BCUT2D eigenvalue weighted by Crippen LogP contribution is -2.52. The molecule has 0 radical (unpaired) electrons. The molecule has 1 saturated heterocycles. The number of rotatable bonds is 15. The van der Waals surface area contributed by atoms with Crippen molar-refractivity contribution in [2.75, 3.05) is 53.9 Å². The maximum Gasteiger partial charge on any atom is 0.136 e. The highest BCUT2D eigenvalue weighted by atomic mass is 35.5. The Bertz CT molecular complexity index is 1150. The highest BCUT2D eigenvalue weighted by Crippen LogP contribution is 2.27. The molecule has 41 heavy (non-hydrogen) atoms. The van der Waals surface area contributed by atoms with Crippen molar-refractivity contribution >= 4 is 23.0 Å². The number of amidine groups is 1. The normalized spacial score (nSPS) is 17.4. The molecule has 1 unspecified atom stereocenters. The van der Waals surface area contributed by atoms with Gasteiger partial charge in [-0.15, -0.1) is 0 Å². The second kappa shape index (κ2) is 15.6. The third-order valence-electron chi connectivity index (χ3n) is 8.25. The second-order valence-electron chi connectivity index (χ2n) is 11.9. The Morgan fingerprint density at radius 1 is 1.17 bits per heavy atom. The van der Waals surface area contributed by atoms with Gasteiger partial charge in [-0.25, -0.2) is 9.38 Å². The van der Waals surface area contributed by atoms with E-state index in [-0.39, 0.29) is 0 Å². The lowest BCUT2D eigenvalue weighted by Gasteiger charge is -2.40. The standard InChI is InChI=1S/C34H51ClFN5/c1-9-10-11-13-26(4)27(5)20-32-37-33(41-23-30(36)24-41)22-34(40(32)8)39(7)19-18-38(6)17-12-14-28-15-16-29(35)21-31(28)25(2)3/h15-16,20-22,26,30H,2,5,9-14,17-19,23-24H2,1,3-4,6-8H3/b32-20-. The maximum atomic E-state index is 13.7. The summed E-state index contributed by atoms with van der Waals surface area (Å²) in [6, 6.07) is 6.11. The van der Waals surface area contributed by atoms with E-state index in [0.717, 1.165) is 78.1 Å². The molecule has 1 aromatic rings. The van der Waals surface area contributed by atoms with Gasteiger partial charge in [0.1, 0.15) is 23.6 Å². The third-order valence-corrected chi connectivity index (χ3v) is 8.48. The molecule has 1 aromatic carbocycles. The van der Waals surface area contributed by atoms with Gasteiger partial charge in [0.25, 0.3) is 0 Å². The third kappa shape index (κ3) is 9.47. The maximum absolute atomic E-state index is 13.7. The van der Waals surface area contributed by atoms with Crippen molar-refractivity contribution in [3.63, 3.8) is 0 Å². The van der Waals surface area contributed by atoms with Gasteiger partial charge < -0.3 is 19.6 Å². The summed E-state index contributed by atoms with van der Waals surface area (Å²) < 4.78 is 13.7. The number of aryl methyl sites for hydroxylation is 1. The number of unbranched alkanes of at least 4 members (excludes halogenated alkanes) is 2. The van der Waals surface area contributed by atoms with E-state index in [1.165, 1.54) is 24.8 Å². The number of likely N-dealkylation sites (tertiary alicyclic amines) is 1. The van der Waals surface area contributed by atoms with Gasteiger partial charge >= 0.3 is 0 Å². The molecule has 0 aliphatic carbocycles. The van der Waals surface area contributed by atoms with Gasteiger partial charge in [-0.2, -0.15) is 0 Å². The summed E-state index contributed by atoms with van der Waals surface area (Å²) >= 11 is 6.21. The summed E-state index contributed by atoms with van der Waals surface area (Å²) in [5.74, 6) is 3.17. The number of likely N-dealkylation sites (N-methyl/N-ethyl adjacent to an activating group) is 2. The van der Waals surface area contributed by atoms with E-state index in [1.807, 2.05) is 24.0 Å². The van der Waals surface area contributed by atoms with Crippen molar-refractivity contribution in [3.8, 4) is 0 Å². The highest BCUT2D eigenvalue weighted by molar-refractivity contribution is 6.30. The number of benzene rings is 1. The Hall–Kier alpha value is -2.57. The quantitative estimate of drug-likeness (QED) is 0.198. The molecule has 226 valence electrons. The first-order valence-corrected chi connectivity index (χ1v) is 15.6. The van der Waals surface area contributed by atoms with Gasteiger partial charge in [-0.3, -0.25) is 0 Å². The van der Waals surface area contributed by atoms with Gasteiger partial charge in [0.05, 0.1) is 13.1 Å². The Labute approximate surface area is 253 Å². The van der Waals surface area contributed by atoms with Crippen LogP contribution in [0.15, 0.2) is 65.7 Å². The fraction of sp³-hybridized carbons (Fsp3) is 0.559. The first-order chi connectivity index (χ1) is 19.5. The summed E-state index contributed by atoms with van der Waals surface area (Å²) in [4.78, 5) is 13.8. The summed E-state index contributed by atoms with van der Waals surface area (Å²) in [6.07, 6.45) is 10.3. The number of hydrogen-bond donors (Lipinski definition) is 0. The highest BCUT2D eigenvalue weighted by Gasteiger charge is 2.31. The van der Waals surface area contributed by atoms with Crippen LogP contribution >= 0.6 is 11.6 Å². The van der Waals surface area contributed by atoms with Crippen molar-refractivity contribution in [1.29, 1.82) is 0 Å². The zero-order valence-corrected chi connectivity index (χ0v) is 27.0. The van der Waals surface area contributed by atoms with E-state index >= 15 is 0 Å². The monoisotopic (exact) mass is 583 g/mol. The molecule has 0 N–H and O–H groups in total. The van der Waals surface area contributed by atoms with Gasteiger partial charge in [0.15, 0.2) is 0 Å². The van der Waals surface area contributed by atoms with E-state index in [4.69, 9.17) is 16.6 Å². The Morgan fingerprint density at radius 3 is 2.56 bits per heavy atom. The molecule has 0 saturated carbocycles. The van der Waals surface area contributed by atoms with Crippen LogP contribution in [-0.4, -0.2) is 85.5 Å². The van der Waals surface area contributed by atoms with Crippen LogP contribution in [0.5, 0.6) is 0 Å². The van der Waals surface area contributed by atoms with E-state index in [1.54, 1.807) is 0 Å². The van der Waals surface area contributed by atoms with Crippen molar-refractivity contribution in [2.45, 2.75) is 65.5 Å². The SMILES string of the molecule is C=C(C)c1cc(Cl)ccc1CCCN(C)CCN(C)C1=CC(N2CC(F)C2)=N/C(=C/C(=C)C(C)CCCCC)N1C. The Kier molecular flexibility index (Phi) is 12.5. The van der Waals surface area contributed by atoms with Crippen LogP contribution in [0.1, 0.15) is 64.0 Å². The zero-order valence-electron chi connectivity index (χ0n) is 26.2. The van der Waals surface area contributed by atoms with E-state index in [0.29, 0.717) is 19.0 Å². The van der Waals surface area contributed by atoms with Crippen molar-refractivity contribution in [3.05, 3.63) is 76.9 Å². The summed E-state index contributed by atoms with van der Waals surface area (Å²) in [5, 5.41) is 0.754. The molecule has 2 aliphatic heterocycles. The minimum Gasteiger partial charge on any atom is -0.360 e. The largest absolute Gasteiger partial charge is 0.360 e. The van der Waals surface area contributed by atoms with Crippen molar-refractivity contribution in [1.82, 2.24) is 19.6 Å². The fourth-order valence-corrected chi connectivity index (χ4v) is 5.44. The molecule has 0 bridgehead atoms. The average molecular weight is 584 g/mol. The van der Waals surface area contributed by atoms with Gasteiger partial charge in [0.2, 0.25) is 0 Å². The molecule has 5 nitrogen and oxygen atoms in total. The number of halogens is 2. The molecule has 3 rings (SSSR count). The zero-order chi connectivity index (χ0) is 30.1. The summed E-state index contributed by atoms with van der Waals surface area (Å²) in [5.41, 5.74) is 4.61. The Morgan fingerprint density at radius 2 is 1.90 bits per heavy atom. The van der Waals surface area contributed by atoms with Crippen molar-refractivity contribution < 1.29 is 4.39 Å². The number of alkyl halides is 1. The van der Waals surface area contributed by atoms with Crippen LogP contribution in [0.3, 0.4) is 0 Å². The molecule has 0 spiro atoms. The predicted octanol–water partition coefficient (Wildman–Crippen LogP) is 7.62. The van der Waals surface area contributed by atoms with E-state index < -0.39 is 6.17 Å². The molecule has 7 heteroatoms. The van der Waals surface area contributed by atoms with E-state index in [9.17, 15) is 4.39 Å². The predicted molar refractivity (Wildman–Crippen MR) is 175 cm³/mol. The van der Waals surface area contributed by atoms with Crippen LogP contribution in [0.2, 0.25) is 5.02 Å². The average Bonchev–Trinajstić information content (AvgIpc) is 2.91. The molecular formula is C34H51ClFN5. The lowest BCUT2D eigenvalue weighted by molar-refractivity contribution is 0.130. The van der Waals surface area contributed by atoms with Crippen LogP contribution in [0.4, 0.5) is 4.39 Å². The van der Waals surface area contributed by atoms with Gasteiger partial charge in [0, 0.05) is 38.3 Å². The molecule has 0 amide bonds. The van der Waals surface area contributed by atoms with Crippen LogP contribution < -0.4 is 0 Å². The van der Waals surface area contributed by atoms with E-state index in [2.05, 4.69) is 81.1 Å². The topological polar surface area (TPSA) is 25.3 Å². The smallest absolute Gasteiger partial charge is 0.136 e. The number of aliphatic imine (C=N–C) groups is 1. The molecule has 2 heterocycles. The molecule has 1 atom stereocenters. The fourth-order valence-electron chi connectivity index (χ4n) is 5.27. The minimum atomic E-state index is -0.777. The first kappa shape index (κ1) is 32.9. The Balaban J connectivity index is 1.61. The van der Waals surface area contributed by atoms with Crippen LogP contribution in [0, 0.1) is 5.92 Å². The van der Waals surface area contributed by atoms with Gasteiger partial charge in [-0.05, 0) is 80.6 Å². The molecular weight excluding hydrogens is 533 g/mol. The minimum absolute atomic E-state index is 0.403. The lowest BCUT2D eigenvalue weighted by atomic mass is 9.95. The summed E-state index contributed by atoms with van der Waals surface area (Å²) in [7, 11) is 6.37. The number of hydrogen-bond acceptors (Lipinski definition) is 5. The van der Waals surface area contributed by atoms with Crippen molar-refractivity contribution in [2.24, 2.45) is 10.9 Å². The molecule has 1 fully saturated rings. The second-order valence-corrected chi connectivity index (χ2v) is 12.4.